The van der Waals surface area contributed by atoms with Crippen molar-refractivity contribution < 1.29 is 19.5 Å². The molecule has 0 bridgehead atoms. The number of carboxylic acids is 1. The number of rotatable bonds is 7. The second kappa shape index (κ2) is 9.32. The van der Waals surface area contributed by atoms with Gasteiger partial charge in [0, 0.05) is 11.8 Å². The van der Waals surface area contributed by atoms with E-state index >= 15 is 0 Å². The highest BCUT2D eigenvalue weighted by Gasteiger charge is 2.31. The Morgan fingerprint density at radius 1 is 1.03 bits per heavy atom. The lowest BCUT2D eigenvalue weighted by atomic mass is 9.85. The van der Waals surface area contributed by atoms with E-state index in [2.05, 4.69) is 5.32 Å². The normalized spacial score (nSPS) is 12.9. The molecule has 0 fully saturated rings. The first-order valence-electron chi connectivity index (χ1n) is 9.48. The van der Waals surface area contributed by atoms with Crippen LogP contribution in [0.2, 0.25) is 0 Å². The molecular formula is C24H27NO4. The van der Waals surface area contributed by atoms with Crippen LogP contribution in [0.1, 0.15) is 37.5 Å². The van der Waals surface area contributed by atoms with Crippen molar-refractivity contribution in [2.24, 2.45) is 5.41 Å². The largest absolute Gasteiger partial charge is 0.480 e. The van der Waals surface area contributed by atoms with Crippen LogP contribution < -0.4 is 5.32 Å². The summed E-state index contributed by atoms with van der Waals surface area (Å²) in [5.41, 5.74) is 1.65. The predicted molar refractivity (Wildman–Crippen MR) is 113 cm³/mol. The van der Waals surface area contributed by atoms with Crippen LogP contribution in [0.15, 0.2) is 60.2 Å². The molecule has 152 valence electrons. The maximum absolute atomic E-state index is 13.0. The smallest absolute Gasteiger partial charge is 0.326 e. The minimum atomic E-state index is -1.15. The van der Waals surface area contributed by atoms with Crippen molar-refractivity contribution in [1.82, 2.24) is 5.32 Å². The van der Waals surface area contributed by atoms with Crippen LogP contribution in [0, 0.1) is 12.3 Å². The number of carbonyl (C=O) groups excluding carboxylic acids is 2. The third-order valence-electron chi connectivity index (χ3n) is 4.41. The van der Waals surface area contributed by atoms with Crippen LogP contribution in [0.5, 0.6) is 0 Å². The number of benzene rings is 2. The van der Waals surface area contributed by atoms with E-state index in [4.69, 9.17) is 0 Å². The van der Waals surface area contributed by atoms with Gasteiger partial charge in [-0.2, -0.15) is 0 Å². The summed E-state index contributed by atoms with van der Waals surface area (Å²) in [6.07, 6.45) is 1.65. The molecule has 0 heterocycles. The monoisotopic (exact) mass is 393 g/mol. The zero-order valence-electron chi connectivity index (χ0n) is 17.2. The average molecular weight is 393 g/mol. The van der Waals surface area contributed by atoms with Crippen LogP contribution in [-0.2, 0) is 20.8 Å². The van der Waals surface area contributed by atoms with Crippen molar-refractivity contribution in [2.45, 2.75) is 40.2 Å². The molecule has 0 aliphatic rings. The average Bonchev–Trinajstić information content (AvgIpc) is 2.65. The Morgan fingerprint density at radius 3 is 2.24 bits per heavy atom. The number of carbonyl (C=O) groups is 3. The molecule has 29 heavy (non-hydrogen) atoms. The van der Waals surface area contributed by atoms with Gasteiger partial charge in [0.1, 0.15) is 6.04 Å². The molecule has 2 aromatic rings. The topological polar surface area (TPSA) is 83.5 Å². The number of hydrogen-bond donors (Lipinski definition) is 2. The number of carboxylic acid groups (broad SMARTS) is 1. The molecule has 2 rings (SSSR count). The molecule has 0 saturated carbocycles. The van der Waals surface area contributed by atoms with E-state index in [0.717, 1.165) is 11.1 Å². The summed E-state index contributed by atoms with van der Waals surface area (Å²) in [6, 6.07) is 15.3. The summed E-state index contributed by atoms with van der Waals surface area (Å²) in [7, 11) is 0. The minimum Gasteiger partial charge on any atom is -0.480 e. The van der Waals surface area contributed by atoms with Gasteiger partial charge in [-0.05, 0) is 24.1 Å². The summed E-state index contributed by atoms with van der Waals surface area (Å²) in [5.74, 6) is -2.18. The van der Waals surface area contributed by atoms with Crippen LogP contribution in [0.3, 0.4) is 0 Å². The number of hydrogen-bond acceptors (Lipinski definition) is 3. The number of ketones is 1. The van der Waals surface area contributed by atoms with E-state index in [1.165, 1.54) is 6.08 Å². The van der Waals surface area contributed by atoms with E-state index in [0.29, 0.717) is 5.56 Å². The summed E-state index contributed by atoms with van der Waals surface area (Å²) < 4.78 is 0. The maximum Gasteiger partial charge on any atom is 0.326 e. The van der Waals surface area contributed by atoms with Crippen molar-refractivity contribution in [3.63, 3.8) is 0 Å². The van der Waals surface area contributed by atoms with Crippen molar-refractivity contribution in [3.8, 4) is 0 Å². The molecule has 1 amide bonds. The molecule has 1 atom stereocenters. The number of Topliss-reactive ketones (excluding diaryl/α,β-unsaturated/α-hetero) is 1. The summed E-state index contributed by atoms with van der Waals surface area (Å²) in [6.45, 7) is 7.10. The molecule has 0 unspecified atom stereocenters. The Morgan fingerprint density at radius 2 is 1.69 bits per heavy atom. The Labute approximate surface area is 171 Å². The van der Waals surface area contributed by atoms with Crippen LogP contribution in [-0.4, -0.2) is 28.8 Å². The van der Waals surface area contributed by atoms with E-state index < -0.39 is 23.3 Å². The summed E-state index contributed by atoms with van der Waals surface area (Å²) in [4.78, 5) is 37.6. The van der Waals surface area contributed by atoms with Gasteiger partial charge in [0.2, 0.25) is 0 Å². The summed E-state index contributed by atoms with van der Waals surface area (Å²) >= 11 is 0. The van der Waals surface area contributed by atoms with E-state index in [9.17, 15) is 19.5 Å². The SMILES string of the molecule is Cc1cccc(/C=C(\C(=O)N[C@H](Cc2ccccc2)C(=O)O)C(=O)C(C)(C)C)c1. The number of nitrogens with one attached hydrogen (secondary N) is 1. The standard InChI is InChI=1S/C24H27NO4/c1-16-9-8-12-18(13-16)14-19(21(26)24(2,3)4)22(27)25-20(23(28)29)15-17-10-6-5-7-11-17/h5-14,20H,15H2,1-4H3,(H,25,27)(H,28,29)/b19-14-/t20-/m1/s1. The van der Waals surface area contributed by atoms with Gasteiger partial charge < -0.3 is 10.4 Å². The minimum absolute atomic E-state index is 0.0533. The molecule has 5 heteroatoms. The third kappa shape index (κ3) is 6.42. The molecular weight excluding hydrogens is 366 g/mol. The highest BCUT2D eigenvalue weighted by atomic mass is 16.4. The lowest BCUT2D eigenvalue weighted by molar-refractivity contribution is -0.141. The molecule has 0 spiro atoms. The van der Waals surface area contributed by atoms with Crippen molar-refractivity contribution >= 4 is 23.7 Å². The molecule has 2 aromatic carbocycles. The molecule has 5 nitrogen and oxygen atoms in total. The van der Waals surface area contributed by atoms with E-state index in [1.807, 2.05) is 43.3 Å². The van der Waals surface area contributed by atoms with Gasteiger partial charge in [-0.3, -0.25) is 9.59 Å². The fourth-order valence-corrected chi connectivity index (χ4v) is 2.85. The molecule has 0 aliphatic carbocycles. The van der Waals surface area contributed by atoms with Crippen molar-refractivity contribution in [2.75, 3.05) is 0 Å². The Balaban J connectivity index is 2.35. The summed E-state index contributed by atoms with van der Waals surface area (Å²) in [5, 5.41) is 12.1. The quantitative estimate of drug-likeness (QED) is 0.426. The van der Waals surface area contributed by atoms with Gasteiger partial charge in [0.25, 0.3) is 5.91 Å². The van der Waals surface area contributed by atoms with E-state index in [-0.39, 0.29) is 17.8 Å². The molecule has 2 N–H and O–H groups in total. The Bertz CT molecular complexity index is 923. The van der Waals surface area contributed by atoms with Crippen LogP contribution in [0.25, 0.3) is 6.08 Å². The zero-order valence-corrected chi connectivity index (χ0v) is 17.2. The second-order valence-corrected chi connectivity index (χ2v) is 8.11. The Kier molecular flexibility index (Phi) is 7.10. The number of aliphatic carboxylic acids is 1. The second-order valence-electron chi connectivity index (χ2n) is 8.11. The zero-order chi connectivity index (χ0) is 21.6. The first-order chi connectivity index (χ1) is 13.6. The van der Waals surface area contributed by atoms with Gasteiger partial charge in [-0.25, -0.2) is 4.79 Å². The number of aryl methyl sites for hydroxylation is 1. The van der Waals surface area contributed by atoms with Crippen molar-refractivity contribution in [1.29, 1.82) is 0 Å². The van der Waals surface area contributed by atoms with Crippen LogP contribution >= 0.6 is 0 Å². The van der Waals surface area contributed by atoms with Gasteiger partial charge in [0.05, 0.1) is 5.57 Å². The Hall–Kier alpha value is -3.21. The highest BCUT2D eigenvalue weighted by molar-refractivity contribution is 6.24. The van der Waals surface area contributed by atoms with Gasteiger partial charge in [0.15, 0.2) is 5.78 Å². The van der Waals surface area contributed by atoms with E-state index in [1.54, 1.807) is 39.0 Å². The maximum atomic E-state index is 13.0. The molecule has 0 saturated heterocycles. The molecule has 0 aliphatic heterocycles. The third-order valence-corrected chi connectivity index (χ3v) is 4.41. The van der Waals surface area contributed by atoms with Gasteiger partial charge in [-0.1, -0.05) is 80.9 Å². The highest BCUT2D eigenvalue weighted by Crippen LogP contribution is 2.22. The first-order valence-corrected chi connectivity index (χ1v) is 9.48. The van der Waals surface area contributed by atoms with Crippen LogP contribution in [0.4, 0.5) is 0 Å². The molecule has 0 radical (unpaired) electrons. The lowest BCUT2D eigenvalue weighted by Crippen LogP contribution is -2.44. The van der Waals surface area contributed by atoms with Gasteiger partial charge >= 0.3 is 5.97 Å². The molecule has 0 aromatic heterocycles. The predicted octanol–water partition coefficient (Wildman–Crippen LogP) is 3.81. The first kappa shape index (κ1) is 22.1. The van der Waals surface area contributed by atoms with Gasteiger partial charge in [-0.15, -0.1) is 0 Å². The fourth-order valence-electron chi connectivity index (χ4n) is 2.85. The lowest BCUT2D eigenvalue weighted by Gasteiger charge is -2.21. The fraction of sp³-hybridized carbons (Fsp3) is 0.292. The number of amides is 1. The van der Waals surface area contributed by atoms with Crippen molar-refractivity contribution in [3.05, 3.63) is 76.9 Å².